The van der Waals surface area contributed by atoms with Crippen molar-refractivity contribution in [1.29, 1.82) is 0 Å². The molecule has 0 heterocycles. The molecule has 3 heteroatoms. The molecule has 0 amide bonds. The number of methoxy groups -OCH3 is 1. The van der Waals surface area contributed by atoms with E-state index in [0.717, 1.165) is 24.8 Å². The van der Waals surface area contributed by atoms with Crippen LogP contribution in [-0.2, 0) is 5.60 Å². The van der Waals surface area contributed by atoms with E-state index in [1.165, 1.54) is 0 Å². The zero-order valence-corrected chi connectivity index (χ0v) is 13.8. The Labute approximate surface area is 127 Å². The molecule has 0 saturated heterocycles. The smallest absolute Gasteiger partial charge is 0.125 e. The normalized spacial score (nSPS) is 23.4. The first kappa shape index (κ1) is 15.7. The van der Waals surface area contributed by atoms with E-state index >= 15 is 0 Å². The molecule has 2 nitrogen and oxygen atoms in total. The lowest BCUT2D eigenvalue weighted by Gasteiger charge is -2.50. The lowest BCUT2D eigenvalue weighted by molar-refractivity contribution is -0.0922. The number of aliphatic hydroxyl groups is 1. The monoisotopic (exact) mass is 296 g/mol. The third kappa shape index (κ3) is 3.12. The zero-order valence-electron chi connectivity index (χ0n) is 13.1. The molecule has 20 heavy (non-hydrogen) atoms. The van der Waals surface area contributed by atoms with Crippen LogP contribution in [0, 0.1) is 10.8 Å². The van der Waals surface area contributed by atoms with Crippen molar-refractivity contribution in [2.24, 2.45) is 10.8 Å². The highest BCUT2D eigenvalue weighted by molar-refractivity contribution is 6.30. The van der Waals surface area contributed by atoms with Gasteiger partial charge in [0, 0.05) is 10.6 Å². The summed E-state index contributed by atoms with van der Waals surface area (Å²) in [7, 11) is 1.63. The van der Waals surface area contributed by atoms with Crippen molar-refractivity contribution in [1.82, 2.24) is 0 Å². The minimum absolute atomic E-state index is 0.0871. The molecule has 1 N–H and O–H groups in total. The van der Waals surface area contributed by atoms with Crippen molar-refractivity contribution in [2.75, 3.05) is 7.11 Å². The van der Waals surface area contributed by atoms with Gasteiger partial charge in [0.15, 0.2) is 0 Å². The highest BCUT2D eigenvalue weighted by Gasteiger charge is 2.48. The van der Waals surface area contributed by atoms with Crippen molar-refractivity contribution >= 4 is 11.6 Å². The summed E-state index contributed by atoms with van der Waals surface area (Å²) in [5, 5.41) is 11.9. The van der Waals surface area contributed by atoms with Gasteiger partial charge in [-0.2, -0.15) is 0 Å². The van der Waals surface area contributed by atoms with E-state index in [4.69, 9.17) is 16.3 Å². The molecule has 1 aromatic rings. The molecule has 112 valence electrons. The molecule has 0 aliphatic heterocycles. The van der Waals surface area contributed by atoms with Gasteiger partial charge in [-0.05, 0) is 48.3 Å². The standard InChI is InChI=1S/C17H25ClO2/c1-15(2)9-16(3,4)11-17(19,10-15)13-8-12(18)6-7-14(13)20-5/h6-8,19H,9-11H2,1-5H3. The topological polar surface area (TPSA) is 29.5 Å². The maximum absolute atomic E-state index is 11.3. The van der Waals surface area contributed by atoms with Crippen molar-refractivity contribution < 1.29 is 9.84 Å². The third-order valence-corrected chi connectivity index (χ3v) is 4.40. The summed E-state index contributed by atoms with van der Waals surface area (Å²) in [6, 6.07) is 5.48. The molecule has 1 aliphatic carbocycles. The van der Waals surface area contributed by atoms with Crippen LogP contribution in [0.3, 0.4) is 0 Å². The Balaban J connectivity index is 2.51. The summed E-state index contributed by atoms with van der Waals surface area (Å²) >= 11 is 6.13. The Bertz CT molecular complexity index is 490. The molecule has 1 aliphatic rings. The van der Waals surface area contributed by atoms with Crippen molar-refractivity contribution in [3.8, 4) is 5.75 Å². The van der Waals surface area contributed by atoms with Crippen LogP contribution in [-0.4, -0.2) is 12.2 Å². The molecular formula is C17H25ClO2. The van der Waals surface area contributed by atoms with Crippen LogP contribution in [0.1, 0.15) is 52.5 Å². The first-order valence-corrected chi connectivity index (χ1v) is 7.51. The largest absolute Gasteiger partial charge is 0.496 e. The molecule has 2 rings (SSSR count). The Morgan fingerprint density at radius 3 is 2.10 bits per heavy atom. The van der Waals surface area contributed by atoms with Gasteiger partial charge in [0.1, 0.15) is 5.75 Å². The van der Waals surface area contributed by atoms with Crippen molar-refractivity contribution in [3.05, 3.63) is 28.8 Å². The fourth-order valence-corrected chi connectivity index (χ4v) is 4.47. The molecule has 1 fully saturated rings. The highest BCUT2D eigenvalue weighted by Crippen LogP contribution is 2.55. The SMILES string of the molecule is COc1ccc(Cl)cc1C1(O)CC(C)(C)CC(C)(C)C1. The predicted molar refractivity (Wildman–Crippen MR) is 83.3 cm³/mol. The van der Waals surface area contributed by atoms with Gasteiger partial charge in [0.2, 0.25) is 0 Å². The van der Waals surface area contributed by atoms with E-state index in [-0.39, 0.29) is 10.8 Å². The molecule has 0 unspecified atom stereocenters. The molecule has 0 atom stereocenters. The van der Waals surface area contributed by atoms with Crippen molar-refractivity contribution in [2.45, 2.75) is 52.6 Å². The van der Waals surface area contributed by atoms with Crippen LogP contribution >= 0.6 is 11.6 Å². The quantitative estimate of drug-likeness (QED) is 0.851. The Morgan fingerprint density at radius 2 is 1.60 bits per heavy atom. The van der Waals surface area contributed by atoms with Crippen LogP contribution in [0.5, 0.6) is 5.75 Å². The average molecular weight is 297 g/mol. The molecule has 0 radical (unpaired) electrons. The first-order valence-electron chi connectivity index (χ1n) is 7.13. The summed E-state index contributed by atoms with van der Waals surface area (Å²) in [5.74, 6) is 0.713. The molecule has 0 bridgehead atoms. The van der Waals surface area contributed by atoms with Crippen LogP contribution in [0.2, 0.25) is 5.02 Å². The van der Waals surface area contributed by atoms with Gasteiger partial charge in [-0.1, -0.05) is 39.3 Å². The summed E-state index contributed by atoms with van der Waals surface area (Å²) in [6.45, 7) is 8.87. The van der Waals surface area contributed by atoms with Gasteiger partial charge in [-0.3, -0.25) is 0 Å². The van der Waals surface area contributed by atoms with Crippen LogP contribution in [0.15, 0.2) is 18.2 Å². The van der Waals surface area contributed by atoms with Crippen LogP contribution in [0.25, 0.3) is 0 Å². The second-order valence-corrected chi connectivity index (χ2v) is 8.17. The maximum atomic E-state index is 11.3. The van der Waals surface area contributed by atoms with Gasteiger partial charge >= 0.3 is 0 Å². The van der Waals surface area contributed by atoms with Gasteiger partial charge in [0.25, 0.3) is 0 Å². The number of rotatable bonds is 2. The Morgan fingerprint density at radius 1 is 1.05 bits per heavy atom. The summed E-state index contributed by atoms with van der Waals surface area (Å²) in [5.41, 5.74) is 0.100. The van der Waals surface area contributed by atoms with Crippen LogP contribution < -0.4 is 4.74 Å². The minimum atomic E-state index is -0.887. The van der Waals surface area contributed by atoms with E-state index in [9.17, 15) is 5.11 Å². The van der Waals surface area contributed by atoms with E-state index in [0.29, 0.717) is 10.8 Å². The number of ether oxygens (including phenoxy) is 1. The third-order valence-electron chi connectivity index (χ3n) is 4.16. The fraction of sp³-hybridized carbons (Fsp3) is 0.647. The molecule has 0 spiro atoms. The lowest BCUT2D eigenvalue weighted by atomic mass is 9.58. The van der Waals surface area contributed by atoms with Gasteiger partial charge in [-0.25, -0.2) is 0 Å². The van der Waals surface area contributed by atoms with Crippen molar-refractivity contribution in [3.63, 3.8) is 0 Å². The zero-order chi connectivity index (χ0) is 15.2. The number of hydrogen-bond acceptors (Lipinski definition) is 2. The molecular weight excluding hydrogens is 272 g/mol. The Hall–Kier alpha value is -0.730. The predicted octanol–water partition coefficient (Wildman–Crippen LogP) is 4.77. The second kappa shape index (κ2) is 4.92. The molecule has 1 saturated carbocycles. The average Bonchev–Trinajstić information content (AvgIpc) is 2.24. The van der Waals surface area contributed by atoms with Crippen LogP contribution in [0.4, 0.5) is 0 Å². The number of halogens is 1. The fourth-order valence-electron chi connectivity index (χ4n) is 4.30. The van der Waals surface area contributed by atoms with E-state index < -0.39 is 5.60 Å². The van der Waals surface area contributed by atoms with E-state index in [1.807, 2.05) is 12.1 Å². The highest BCUT2D eigenvalue weighted by atomic mass is 35.5. The first-order chi connectivity index (χ1) is 9.07. The molecule has 1 aromatic carbocycles. The number of benzene rings is 1. The summed E-state index contributed by atoms with van der Waals surface area (Å²) in [4.78, 5) is 0. The van der Waals surface area contributed by atoms with E-state index in [2.05, 4.69) is 27.7 Å². The number of hydrogen-bond donors (Lipinski definition) is 1. The Kier molecular flexibility index (Phi) is 3.85. The lowest BCUT2D eigenvalue weighted by Crippen LogP contribution is -2.44. The van der Waals surface area contributed by atoms with E-state index in [1.54, 1.807) is 13.2 Å². The minimum Gasteiger partial charge on any atom is -0.496 e. The van der Waals surface area contributed by atoms with Gasteiger partial charge in [-0.15, -0.1) is 0 Å². The van der Waals surface area contributed by atoms with Gasteiger partial charge in [0.05, 0.1) is 12.7 Å². The van der Waals surface area contributed by atoms with Gasteiger partial charge < -0.3 is 9.84 Å². The summed E-state index contributed by atoms with van der Waals surface area (Å²) in [6.07, 6.45) is 2.55. The summed E-state index contributed by atoms with van der Waals surface area (Å²) < 4.78 is 5.44. The maximum Gasteiger partial charge on any atom is 0.125 e. The molecule has 0 aromatic heterocycles. The second-order valence-electron chi connectivity index (χ2n) is 7.73.